The number of anilines is 1. The van der Waals surface area contributed by atoms with E-state index in [4.69, 9.17) is 0 Å². The lowest BCUT2D eigenvalue weighted by Gasteiger charge is -2.27. The van der Waals surface area contributed by atoms with E-state index in [0.717, 1.165) is 41.7 Å². The van der Waals surface area contributed by atoms with Crippen LogP contribution in [0, 0.1) is 23.2 Å². The SMILES string of the molecule is CC(C)CCN(CCC(C)C)c1ccc(Br)cc1C#N. The van der Waals surface area contributed by atoms with Crippen molar-refractivity contribution in [2.24, 2.45) is 11.8 Å². The molecule has 0 fully saturated rings. The Morgan fingerprint density at radius 1 is 1.10 bits per heavy atom. The molecule has 0 bridgehead atoms. The zero-order valence-electron chi connectivity index (χ0n) is 13.0. The smallest absolute Gasteiger partial charge is 0.101 e. The van der Waals surface area contributed by atoms with E-state index >= 15 is 0 Å². The molecule has 0 aromatic heterocycles. The van der Waals surface area contributed by atoms with E-state index in [0.29, 0.717) is 11.8 Å². The summed E-state index contributed by atoms with van der Waals surface area (Å²) in [5.41, 5.74) is 1.82. The van der Waals surface area contributed by atoms with E-state index < -0.39 is 0 Å². The molecule has 0 saturated carbocycles. The van der Waals surface area contributed by atoms with Crippen molar-refractivity contribution in [1.82, 2.24) is 0 Å². The minimum absolute atomic E-state index is 0.678. The highest BCUT2D eigenvalue weighted by Crippen LogP contribution is 2.25. The summed E-state index contributed by atoms with van der Waals surface area (Å²) in [5, 5.41) is 9.35. The van der Waals surface area contributed by atoms with Crippen LogP contribution in [0.25, 0.3) is 0 Å². The minimum atomic E-state index is 0.678. The first-order valence-corrected chi connectivity index (χ1v) is 8.18. The average Bonchev–Trinajstić information content (AvgIpc) is 2.38. The highest BCUT2D eigenvalue weighted by molar-refractivity contribution is 9.10. The van der Waals surface area contributed by atoms with Crippen LogP contribution < -0.4 is 4.90 Å². The minimum Gasteiger partial charge on any atom is -0.370 e. The molecule has 0 aliphatic rings. The van der Waals surface area contributed by atoms with E-state index in [1.165, 1.54) is 0 Å². The van der Waals surface area contributed by atoms with Crippen molar-refractivity contribution < 1.29 is 0 Å². The molecule has 0 radical (unpaired) electrons. The van der Waals surface area contributed by atoms with Gasteiger partial charge in [0.25, 0.3) is 0 Å². The molecule has 1 aromatic rings. The fourth-order valence-electron chi connectivity index (χ4n) is 2.05. The van der Waals surface area contributed by atoms with Gasteiger partial charge in [0.1, 0.15) is 6.07 Å². The quantitative estimate of drug-likeness (QED) is 0.682. The molecule has 110 valence electrons. The molecule has 0 spiro atoms. The lowest BCUT2D eigenvalue weighted by molar-refractivity contribution is 0.535. The molecule has 0 heterocycles. The second kappa shape index (κ2) is 8.32. The fourth-order valence-corrected chi connectivity index (χ4v) is 2.42. The Bertz CT molecular complexity index is 449. The molecule has 2 nitrogen and oxygen atoms in total. The van der Waals surface area contributed by atoms with Gasteiger partial charge in [0.15, 0.2) is 0 Å². The molecular weight excluding hydrogens is 312 g/mol. The third kappa shape index (κ3) is 5.54. The number of benzene rings is 1. The van der Waals surface area contributed by atoms with Gasteiger partial charge in [-0.15, -0.1) is 0 Å². The first-order valence-electron chi connectivity index (χ1n) is 7.38. The Labute approximate surface area is 131 Å². The standard InChI is InChI=1S/C17H25BrN2/c1-13(2)7-9-20(10-8-14(3)4)17-6-5-16(18)11-15(17)12-19/h5-6,11,13-14H,7-10H2,1-4H3. The van der Waals surface area contributed by atoms with Crippen LogP contribution in [0.3, 0.4) is 0 Å². The first-order chi connectivity index (χ1) is 9.43. The Hall–Kier alpha value is -1.01. The van der Waals surface area contributed by atoms with E-state index in [2.05, 4.69) is 60.7 Å². The monoisotopic (exact) mass is 336 g/mol. The average molecular weight is 337 g/mol. The van der Waals surface area contributed by atoms with Gasteiger partial charge in [-0.05, 0) is 42.9 Å². The van der Waals surface area contributed by atoms with Crippen molar-refractivity contribution in [1.29, 1.82) is 5.26 Å². The predicted molar refractivity (Wildman–Crippen MR) is 90.0 cm³/mol. The lowest BCUT2D eigenvalue weighted by atomic mass is 10.1. The summed E-state index contributed by atoms with van der Waals surface area (Å²) in [6.45, 7) is 11.0. The van der Waals surface area contributed by atoms with Gasteiger partial charge in [-0.25, -0.2) is 0 Å². The van der Waals surface area contributed by atoms with E-state index in [1.54, 1.807) is 0 Å². The van der Waals surface area contributed by atoms with Crippen LogP contribution in [-0.2, 0) is 0 Å². The van der Waals surface area contributed by atoms with E-state index in [9.17, 15) is 5.26 Å². The van der Waals surface area contributed by atoms with Crippen molar-refractivity contribution in [2.45, 2.75) is 40.5 Å². The number of halogens is 1. The zero-order valence-corrected chi connectivity index (χ0v) is 14.6. The number of hydrogen-bond acceptors (Lipinski definition) is 2. The molecule has 3 heteroatoms. The molecule has 0 aliphatic heterocycles. The summed E-state index contributed by atoms with van der Waals surface area (Å²) < 4.78 is 0.963. The summed E-state index contributed by atoms with van der Waals surface area (Å²) in [6.07, 6.45) is 2.30. The van der Waals surface area contributed by atoms with Crippen molar-refractivity contribution in [3.05, 3.63) is 28.2 Å². The second-order valence-electron chi connectivity index (χ2n) is 6.13. The summed E-state index contributed by atoms with van der Waals surface area (Å²) in [7, 11) is 0. The Morgan fingerprint density at radius 2 is 1.65 bits per heavy atom. The third-order valence-electron chi connectivity index (χ3n) is 3.37. The fraction of sp³-hybridized carbons (Fsp3) is 0.588. The van der Waals surface area contributed by atoms with Crippen molar-refractivity contribution in [3.8, 4) is 6.07 Å². The summed E-state index contributed by atoms with van der Waals surface area (Å²) >= 11 is 3.44. The molecule has 0 saturated heterocycles. The second-order valence-corrected chi connectivity index (χ2v) is 7.04. The molecular formula is C17H25BrN2. The predicted octanol–water partition coefficient (Wildman–Crippen LogP) is 5.22. The molecule has 0 aliphatic carbocycles. The van der Waals surface area contributed by atoms with Gasteiger partial charge in [-0.1, -0.05) is 43.6 Å². The van der Waals surface area contributed by atoms with Gasteiger partial charge in [0.05, 0.1) is 11.3 Å². The van der Waals surface area contributed by atoms with Gasteiger partial charge in [-0.3, -0.25) is 0 Å². The van der Waals surface area contributed by atoms with Gasteiger partial charge < -0.3 is 4.90 Å². The molecule has 1 aromatic carbocycles. The normalized spacial score (nSPS) is 10.9. The Kier molecular flexibility index (Phi) is 7.09. The molecule has 0 atom stereocenters. The van der Waals surface area contributed by atoms with Crippen LogP contribution >= 0.6 is 15.9 Å². The van der Waals surface area contributed by atoms with Gasteiger partial charge in [0, 0.05) is 17.6 Å². The van der Waals surface area contributed by atoms with Crippen LogP contribution in [0.1, 0.15) is 46.1 Å². The van der Waals surface area contributed by atoms with E-state index in [-0.39, 0.29) is 0 Å². The highest BCUT2D eigenvalue weighted by Gasteiger charge is 2.13. The molecule has 1 rings (SSSR count). The number of nitriles is 1. The summed E-state index contributed by atoms with van der Waals surface area (Å²) in [6, 6.07) is 8.31. The maximum absolute atomic E-state index is 9.35. The van der Waals surface area contributed by atoms with Crippen LogP contribution in [0.15, 0.2) is 22.7 Å². The van der Waals surface area contributed by atoms with Gasteiger partial charge >= 0.3 is 0 Å². The topological polar surface area (TPSA) is 27.0 Å². The molecule has 0 unspecified atom stereocenters. The largest absolute Gasteiger partial charge is 0.370 e. The number of rotatable bonds is 7. The molecule has 0 amide bonds. The van der Waals surface area contributed by atoms with Gasteiger partial charge in [0.2, 0.25) is 0 Å². The van der Waals surface area contributed by atoms with Crippen LogP contribution in [0.2, 0.25) is 0 Å². The van der Waals surface area contributed by atoms with Crippen molar-refractivity contribution >= 4 is 21.6 Å². The summed E-state index contributed by atoms with van der Waals surface area (Å²) in [5.74, 6) is 1.36. The molecule has 0 N–H and O–H groups in total. The maximum Gasteiger partial charge on any atom is 0.101 e. The zero-order chi connectivity index (χ0) is 15.1. The Morgan fingerprint density at radius 3 is 2.10 bits per heavy atom. The third-order valence-corrected chi connectivity index (χ3v) is 3.87. The Balaban J connectivity index is 2.93. The van der Waals surface area contributed by atoms with Crippen LogP contribution in [-0.4, -0.2) is 13.1 Å². The lowest BCUT2D eigenvalue weighted by Crippen LogP contribution is -2.28. The number of nitrogens with zero attached hydrogens (tertiary/aromatic N) is 2. The van der Waals surface area contributed by atoms with Crippen molar-refractivity contribution in [2.75, 3.05) is 18.0 Å². The van der Waals surface area contributed by atoms with Gasteiger partial charge in [-0.2, -0.15) is 5.26 Å². The highest BCUT2D eigenvalue weighted by atomic mass is 79.9. The first kappa shape index (κ1) is 17.0. The van der Waals surface area contributed by atoms with Crippen LogP contribution in [0.4, 0.5) is 5.69 Å². The van der Waals surface area contributed by atoms with E-state index in [1.807, 2.05) is 12.1 Å². The van der Waals surface area contributed by atoms with Crippen LogP contribution in [0.5, 0.6) is 0 Å². The molecule has 20 heavy (non-hydrogen) atoms. The number of hydrogen-bond donors (Lipinski definition) is 0. The maximum atomic E-state index is 9.35. The summed E-state index contributed by atoms with van der Waals surface area (Å²) in [4.78, 5) is 2.37. The van der Waals surface area contributed by atoms with Crippen molar-refractivity contribution in [3.63, 3.8) is 0 Å².